The summed E-state index contributed by atoms with van der Waals surface area (Å²) in [6.45, 7) is 0.622. The molecule has 1 nitrogen and oxygen atoms in total. The Balaban J connectivity index is 3.15. The zero-order valence-electron chi connectivity index (χ0n) is 6.76. The Kier molecular flexibility index (Phi) is 6.96. The van der Waals surface area contributed by atoms with Gasteiger partial charge in [-0.05, 0) is 32.2 Å². The molecule has 0 bridgehead atoms. The first-order chi connectivity index (χ1) is 5.16. The number of rotatable bonds is 6. The van der Waals surface area contributed by atoms with Crippen molar-refractivity contribution in [1.82, 2.24) is 4.90 Å². The molecule has 0 unspecified atom stereocenters. The summed E-state index contributed by atoms with van der Waals surface area (Å²) in [7, 11) is 1.71. The van der Waals surface area contributed by atoms with E-state index in [0.717, 1.165) is 25.1 Å². The molecule has 0 aliphatic heterocycles. The average Bonchev–Trinajstić information content (AvgIpc) is 1.86. The Morgan fingerprint density at radius 3 is 2.45 bits per heavy atom. The summed E-state index contributed by atoms with van der Waals surface area (Å²) in [5, 5.41) is 0. The number of alkyl halides is 2. The van der Waals surface area contributed by atoms with Crippen molar-refractivity contribution in [3.8, 4) is 0 Å². The van der Waals surface area contributed by atoms with Crippen LogP contribution in [-0.2, 0) is 0 Å². The summed E-state index contributed by atoms with van der Waals surface area (Å²) in [6.07, 6.45) is -0.264. The fourth-order valence-corrected chi connectivity index (χ4v) is 1.04. The van der Waals surface area contributed by atoms with E-state index in [1.807, 2.05) is 0 Å². The van der Waals surface area contributed by atoms with Gasteiger partial charge in [0, 0.05) is 0 Å². The molecule has 0 fully saturated rings. The van der Waals surface area contributed by atoms with Crippen molar-refractivity contribution in [3.63, 3.8) is 0 Å². The molecule has 11 heavy (non-hydrogen) atoms. The van der Waals surface area contributed by atoms with Crippen molar-refractivity contribution in [3.05, 3.63) is 0 Å². The summed E-state index contributed by atoms with van der Waals surface area (Å²) >= 11 is 4.03. The number of thiol groups is 1. The van der Waals surface area contributed by atoms with E-state index >= 15 is 0 Å². The Morgan fingerprint density at radius 1 is 1.36 bits per heavy atom. The Hall–Kier alpha value is 0.170. The molecular weight excluding hydrogens is 168 g/mol. The molecule has 0 saturated heterocycles. The lowest BCUT2D eigenvalue weighted by atomic mass is 10.3. The molecule has 68 valence electrons. The first kappa shape index (κ1) is 11.2. The monoisotopic (exact) mass is 183 g/mol. The molecule has 0 saturated carbocycles. The molecule has 0 aromatic heterocycles. The highest BCUT2D eigenvalue weighted by molar-refractivity contribution is 7.80. The summed E-state index contributed by atoms with van der Waals surface area (Å²) in [5.41, 5.74) is 0. The van der Waals surface area contributed by atoms with E-state index in [1.54, 1.807) is 11.9 Å². The van der Waals surface area contributed by atoms with Crippen molar-refractivity contribution in [2.45, 2.75) is 19.3 Å². The highest BCUT2D eigenvalue weighted by Crippen LogP contribution is 1.98. The third kappa shape index (κ3) is 8.07. The maximum Gasteiger partial charge on any atom is 0.251 e. The highest BCUT2D eigenvalue weighted by Gasteiger charge is 2.05. The SMILES string of the molecule is CN(CCCCS)CC(F)F. The summed E-state index contributed by atoms with van der Waals surface area (Å²) in [4.78, 5) is 1.65. The molecule has 0 aromatic carbocycles. The fourth-order valence-electron chi connectivity index (χ4n) is 0.820. The van der Waals surface area contributed by atoms with Crippen LogP contribution in [0.25, 0.3) is 0 Å². The first-order valence-electron chi connectivity index (χ1n) is 3.74. The Labute approximate surface area is 72.2 Å². The zero-order chi connectivity index (χ0) is 8.69. The van der Waals surface area contributed by atoms with Crippen molar-refractivity contribution in [2.75, 3.05) is 25.9 Å². The predicted molar refractivity (Wildman–Crippen MR) is 46.6 cm³/mol. The minimum absolute atomic E-state index is 0.118. The van der Waals surface area contributed by atoms with E-state index in [9.17, 15) is 8.78 Å². The van der Waals surface area contributed by atoms with Gasteiger partial charge in [-0.2, -0.15) is 12.6 Å². The molecule has 0 radical (unpaired) electrons. The number of unbranched alkanes of at least 4 members (excludes halogenated alkanes) is 1. The van der Waals surface area contributed by atoms with Crippen molar-refractivity contribution in [1.29, 1.82) is 0 Å². The zero-order valence-corrected chi connectivity index (χ0v) is 7.66. The van der Waals surface area contributed by atoms with Crippen LogP contribution in [0.1, 0.15) is 12.8 Å². The van der Waals surface area contributed by atoms with Crippen LogP contribution in [0.4, 0.5) is 8.78 Å². The van der Waals surface area contributed by atoms with Crippen LogP contribution >= 0.6 is 12.6 Å². The van der Waals surface area contributed by atoms with Crippen molar-refractivity contribution in [2.24, 2.45) is 0 Å². The lowest BCUT2D eigenvalue weighted by Gasteiger charge is -2.14. The van der Waals surface area contributed by atoms with Crippen LogP contribution in [0.5, 0.6) is 0 Å². The van der Waals surface area contributed by atoms with Gasteiger partial charge in [-0.1, -0.05) is 0 Å². The van der Waals surface area contributed by atoms with Gasteiger partial charge in [0.15, 0.2) is 0 Å². The molecule has 0 aromatic rings. The Morgan fingerprint density at radius 2 is 2.00 bits per heavy atom. The number of nitrogens with zero attached hydrogens (tertiary/aromatic N) is 1. The van der Waals surface area contributed by atoms with E-state index in [1.165, 1.54) is 0 Å². The maximum atomic E-state index is 11.7. The van der Waals surface area contributed by atoms with Crippen LogP contribution in [0, 0.1) is 0 Å². The molecule has 0 rings (SSSR count). The second kappa shape index (κ2) is 6.85. The lowest BCUT2D eigenvalue weighted by molar-refractivity contribution is 0.0998. The van der Waals surface area contributed by atoms with E-state index in [2.05, 4.69) is 12.6 Å². The molecular formula is C7H15F2NS. The maximum absolute atomic E-state index is 11.7. The van der Waals surface area contributed by atoms with E-state index in [-0.39, 0.29) is 6.54 Å². The highest BCUT2D eigenvalue weighted by atomic mass is 32.1. The van der Waals surface area contributed by atoms with Crippen LogP contribution < -0.4 is 0 Å². The summed E-state index contributed by atoms with van der Waals surface area (Å²) in [5.74, 6) is 0.836. The average molecular weight is 183 g/mol. The molecule has 0 aliphatic rings. The van der Waals surface area contributed by atoms with E-state index in [0.29, 0.717) is 0 Å². The van der Waals surface area contributed by atoms with Crippen molar-refractivity contribution < 1.29 is 8.78 Å². The van der Waals surface area contributed by atoms with Gasteiger partial charge in [0.1, 0.15) is 0 Å². The van der Waals surface area contributed by atoms with Crippen LogP contribution in [0.15, 0.2) is 0 Å². The second-order valence-electron chi connectivity index (χ2n) is 2.58. The van der Waals surface area contributed by atoms with E-state index < -0.39 is 6.43 Å². The lowest BCUT2D eigenvalue weighted by Crippen LogP contribution is -2.25. The Bertz CT molecular complexity index is 90.5. The number of hydrogen-bond donors (Lipinski definition) is 1. The first-order valence-corrected chi connectivity index (χ1v) is 4.37. The topological polar surface area (TPSA) is 3.24 Å². The van der Waals surface area contributed by atoms with Crippen molar-refractivity contribution >= 4 is 12.6 Å². The summed E-state index contributed by atoms with van der Waals surface area (Å²) < 4.78 is 23.5. The molecule has 0 heterocycles. The molecule has 4 heteroatoms. The van der Waals surface area contributed by atoms with Gasteiger partial charge in [0.2, 0.25) is 0 Å². The normalized spacial score (nSPS) is 11.5. The third-order valence-corrected chi connectivity index (χ3v) is 1.71. The standard InChI is InChI=1S/C7H15F2NS/c1-10(6-7(8)9)4-2-3-5-11/h7,11H,2-6H2,1H3. The molecule has 0 spiro atoms. The molecule has 0 atom stereocenters. The van der Waals surface area contributed by atoms with Crippen LogP contribution in [0.2, 0.25) is 0 Å². The predicted octanol–water partition coefficient (Wildman–Crippen LogP) is 1.89. The second-order valence-corrected chi connectivity index (χ2v) is 3.03. The minimum Gasteiger partial charge on any atom is -0.301 e. The molecule has 0 aliphatic carbocycles. The van der Waals surface area contributed by atoms with Gasteiger partial charge in [-0.3, -0.25) is 0 Å². The van der Waals surface area contributed by atoms with Gasteiger partial charge in [-0.25, -0.2) is 8.78 Å². The fraction of sp³-hybridized carbons (Fsp3) is 1.00. The van der Waals surface area contributed by atoms with Gasteiger partial charge in [0.05, 0.1) is 6.54 Å². The third-order valence-electron chi connectivity index (χ3n) is 1.40. The van der Waals surface area contributed by atoms with Crippen LogP contribution in [0.3, 0.4) is 0 Å². The largest absolute Gasteiger partial charge is 0.301 e. The smallest absolute Gasteiger partial charge is 0.251 e. The summed E-state index contributed by atoms with van der Waals surface area (Å²) in [6, 6.07) is 0. The van der Waals surface area contributed by atoms with Gasteiger partial charge < -0.3 is 4.90 Å². The van der Waals surface area contributed by atoms with Gasteiger partial charge in [-0.15, -0.1) is 0 Å². The van der Waals surface area contributed by atoms with Gasteiger partial charge >= 0.3 is 0 Å². The minimum atomic E-state index is -2.21. The quantitative estimate of drug-likeness (QED) is 0.486. The molecule has 0 amide bonds. The van der Waals surface area contributed by atoms with Crippen LogP contribution in [-0.4, -0.2) is 37.2 Å². The number of hydrogen-bond acceptors (Lipinski definition) is 2. The number of halogens is 2. The van der Waals surface area contributed by atoms with Gasteiger partial charge in [0.25, 0.3) is 6.43 Å². The van der Waals surface area contributed by atoms with E-state index in [4.69, 9.17) is 0 Å². The molecule has 0 N–H and O–H groups in total.